The van der Waals surface area contributed by atoms with E-state index in [2.05, 4.69) is 154 Å². The number of rotatable bonds is 4. The summed E-state index contributed by atoms with van der Waals surface area (Å²) in [6.07, 6.45) is 3.97. The summed E-state index contributed by atoms with van der Waals surface area (Å²) in [6.45, 7) is 8.37. The van der Waals surface area contributed by atoms with Crippen molar-refractivity contribution in [1.29, 1.82) is 0 Å². The summed E-state index contributed by atoms with van der Waals surface area (Å²) in [5.74, 6) is 0. The highest BCUT2D eigenvalue weighted by atomic mass is 79.9. The lowest BCUT2D eigenvalue weighted by Gasteiger charge is -2.32. The van der Waals surface area contributed by atoms with Crippen molar-refractivity contribution < 1.29 is 14.1 Å². The molecule has 4 aromatic heterocycles. The molecule has 1 saturated heterocycles. The number of aromatic nitrogens is 4. The summed E-state index contributed by atoms with van der Waals surface area (Å²) < 4.78 is 18.4. The molecule has 1 aliphatic rings. The minimum absolute atomic E-state index is 0. The molecule has 0 bridgehead atoms. The molecule has 66 heavy (non-hydrogen) atoms. The molecule has 0 amide bonds. The van der Waals surface area contributed by atoms with E-state index in [1.165, 1.54) is 11.6 Å². The van der Waals surface area contributed by atoms with Gasteiger partial charge in [-0.25, -0.2) is 4.98 Å². The first-order valence-corrected chi connectivity index (χ1v) is 22.5. The van der Waals surface area contributed by atoms with E-state index in [0.29, 0.717) is 17.2 Å². The molecule has 0 atom stereocenters. The third-order valence-electron chi connectivity index (χ3n) is 12.6. The lowest BCUT2D eigenvalue weighted by molar-refractivity contribution is 0.00578. The number of hydrogen-bond donors (Lipinski definition) is 0. The number of aldehydes is 1. The standard InChI is InChI=1S/C24H23BBrNO2.C24H14N2O.C6H4ClNO.CH3/c1-23(2)24(3,4)29-25(28-23)17-12-8-14-19-21(17)22-18(26)13-9-15-20(22)27(19)16-10-6-5-7-11-16;27-24-17-10-5-13-20-22(17)21-16(23-18(24)11-6-14-25-23)9-4-12-19(21)26(20)15-7-2-1-3-8-15;7-6-5(4-9)2-1-3-8-6;/h5-15H,1-4H3;1-14H;1-4H;1H3/q;;;-1. The van der Waals surface area contributed by atoms with Crippen LogP contribution in [0.4, 0.5) is 0 Å². The third-order valence-corrected chi connectivity index (χ3v) is 13.6. The molecule has 1 aliphatic heterocycles. The molecule has 0 unspecified atom stereocenters. The Hall–Kier alpha value is -6.69. The zero-order chi connectivity index (χ0) is 45.0. The van der Waals surface area contributed by atoms with Gasteiger partial charge in [-0.3, -0.25) is 14.6 Å². The van der Waals surface area contributed by atoms with Crippen LogP contribution in [-0.4, -0.2) is 43.7 Å². The van der Waals surface area contributed by atoms with Crippen LogP contribution in [0.2, 0.25) is 5.15 Å². The second kappa shape index (κ2) is 17.6. The summed E-state index contributed by atoms with van der Waals surface area (Å²) in [6, 6.07) is 52.7. The van der Waals surface area contributed by atoms with Gasteiger partial charge in [0.2, 0.25) is 0 Å². The van der Waals surface area contributed by atoms with Gasteiger partial charge in [-0.05, 0) is 112 Å². The molecule has 11 heteroatoms. The number of pyridine rings is 2. The minimum atomic E-state index is -0.411. The fourth-order valence-corrected chi connectivity index (χ4v) is 9.62. The van der Waals surface area contributed by atoms with Gasteiger partial charge in [0.25, 0.3) is 0 Å². The molecule has 0 N–H and O–H groups in total. The van der Waals surface area contributed by atoms with Crippen LogP contribution < -0.4 is 10.9 Å². The average molecular weight is 951 g/mol. The normalized spacial score (nSPS) is 14.0. The van der Waals surface area contributed by atoms with Gasteiger partial charge < -0.3 is 25.9 Å². The third kappa shape index (κ3) is 7.44. The fraction of sp³-hybridized carbons (Fsp3) is 0.109. The van der Waals surface area contributed by atoms with Gasteiger partial charge in [0.05, 0.1) is 44.3 Å². The highest BCUT2D eigenvalue weighted by Gasteiger charge is 2.52. The molecule has 0 radical (unpaired) electrons. The van der Waals surface area contributed by atoms with E-state index < -0.39 is 7.12 Å². The Labute approximate surface area is 396 Å². The number of halogens is 2. The predicted octanol–water partition coefficient (Wildman–Crippen LogP) is 13.1. The molecule has 11 aromatic rings. The van der Waals surface area contributed by atoms with Crippen LogP contribution in [0.25, 0.3) is 76.7 Å². The van der Waals surface area contributed by atoms with Gasteiger partial charge in [0, 0.05) is 65.9 Å². The monoisotopic (exact) mass is 949 g/mol. The number of benzene rings is 6. The molecule has 0 spiro atoms. The average Bonchev–Trinajstić information content (AvgIpc) is 3.91. The largest absolute Gasteiger partial charge is 0.495 e. The van der Waals surface area contributed by atoms with E-state index in [1.54, 1.807) is 18.3 Å². The van der Waals surface area contributed by atoms with Crippen molar-refractivity contribution in [3.63, 3.8) is 0 Å². The highest BCUT2D eigenvalue weighted by molar-refractivity contribution is 9.10. The van der Waals surface area contributed by atoms with Crippen molar-refractivity contribution in [2.75, 3.05) is 0 Å². The zero-order valence-corrected chi connectivity index (χ0v) is 39.3. The Morgan fingerprint density at radius 2 is 1.05 bits per heavy atom. The van der Waals surface area contributed by atoms with Gasteiger partial charge in [-0.2, -0.15) is 0 Å². The molecule has 12 rings (SSSR count). The van der Waals surface area contributed by atoms with E-state index in [0.717, 1.165) is 75.8 Å². The topological polar surface area (TPSA) is 88.2 Å². The minimum Gasteiger partial charge on any atom is -0.399 e. The SMILES string of the molecule is CC1(C)OB(c2cccc3c2c2c(Br)cccc2n3-c2ccccc2)OC1(C)C.O=Cc1cccnc1Cl.O=c1c2cccnc2c2cccc3c2c2c1cccc2n3-c1ccccc1.[CH3-]. The first-order valence-electron chi connectivity index (χ1n) is 21.3. The van der Waals surface area contributed by atoms with Gasteiger partial charge in [-0.1, -0.05) is 106 Å². The number of carbonyl (C=O) groups is 1. The highest BCUT2D eigenvalue weighted by Crippen LogP contribution is 2.41. The molecule has 1 fully saturated rings. The van der Waals surface area contributed by atoms with Crippen molar-refractivity contribution in [3.05, 3.63) is 203 Å². The lowest BCUT2D eigenvalue weighted by atomic mass is 9.76. The van der Waals surface area contributed by atoms with Crippen LogP contribution >= 0.6 is 27.5 Å². The van der Waals surface area contributed by atoms with Crippen LogP contribution in [0, 0.1) is 7.43 Å². The summed E-state index contributed by atoms with van der Waals surface area (Å²) in [7, 11) is -0.411. The Morgan fingerprint density at radius 3 is 1.62 bits per heavy atom. The number of carbonyl (C=O) groups excluding carboxylic acids is 1. The number of nitrogens with zero attached hydrogens (tertiary/aromatic N) is 4. The van der Waals surface area contributed by atoms with E-state index in [-0.39, 0.29) is 29.2 Å². The summed E-state index contributed by atoms with van der Waals surface area (Å²) in [5, 5.41) is 7.13. The quantitative estimate of drug-likeness (QED) is 0.0756. The first kappa shape index (κ1) is 44.5. The molecule has 0 saturated carbocycles. The van der Waals surface area contributed by atoms with Crippen LogP contribution in [0.1, 0.15) is 38.1 Å². The molecule has 326 valence electrons. The second-order valence-electron chi connectivity index (χ2n) is 16.9. The Bertz CT molecular complexity index is 3640. The van der Waals surface area contributed by atoms with Crippen LogP contribution in [0.5, 0.6) is 0 Å². The molecule has 8 nitrogen and oxygen atoms in total. The van der Waals surface area contributed by atoms with Crippen LogP contribution in [0.3, 0.4) is 0 Å². The smallest absolute Gasteiger partial charge is 0.399 e. The zero-order valence-electron chi connectivity index (χ0n) is 37.0. The maximum atomic E-state index is 13.4. The van der Waals surface area contributed by atoms with Crippen LogP contribution in [0.15, 0.2) is 179 Å². The number of fused-ring (bicyclic) bond motifs is 5. The van der Waals surface area contributed by atoms with Crippen LogP contribution in [-0.2, 0) is 9.31 Å². The van der Waals surface area contributed by atoms with E-state index in [1.807, 2.05) is 54.6 Å². The van der Waals surface area contributed by atoms with Crippen molar-refractivity contribution in [2.24, 2.45) is 0 Å². The molecule has 5 heterocycles. The lowest BCUT2D eigenvalue weighted by Crippen LogP contribution is -2.41. The Morgan fingerprint density at radius 1 is 0.561 bits per heavy atom. The summed E-state index contributed by atoms with van der Waals surface area (Å²) in [4.78, 5) is 31.7. The van der Waals surface area contributed by atoms with Crippen molar-refractivity contribution in [2.45, 2.75) is 38.9 Å². The Balaban J connectivity index is 0.000000138. The molecular weight excluding hydrogens is 907 g/mol. The summed E-state index contributed by atoms with van der Waals surface area (Å²) in [5.41, 5.74) is 8.18. The maximum absolute atomic E-state index is 13.4. The second-order valence-corrected chi connectivity index (χ2v) is 18.1. The first-order chi connectivity index (χ1) is 31.5. The number of para-hydroxylation sites is 2. The molecular formula is C55H44BBrClN4O4-. The van der Waals surface area contributed by atoms with Gasteiger partial charge >= 0.3 is 7.12 Å². The van der Waals surface area contributed by atoms with Crippen molar-refractivity contribution in [3.8, 4) is 11.4 Å². The van der Waals surface area contributed by atoms with E-state index in [9.17, 15) is 9.59 Å². The van der Waals surface area contributed by atoms with Gasteiger partial charge in [0.1, 0.15) is 5.15 Å². The maximum Gasteiger partial charge on any atom is 0.495 e. The van der Waals surface area contributed by atoms with Gasteiger partial charge in [-0.15, -0.1) is 0 Å². The van der Waals surface area contributed by atoms with E-state index in [4.69, 9.17) is 20.9 Å². The van der Waals surface area contributed by atoms with Gasteiger partial charge in [0.15, 0.2) is 11.7 Å². The predicted molar refractivity (Wildman–Crippen MR) is 276 cm³/mol. The van der Waals surface area contributed by atoms with Crippen molar-refractivity contribution >= 4 is 112 Å². The van der Waals surface area contributed by atoms with Crippen molar-refractivity contribution in [1.82, 2.24) is 19.1 Å². The molecule has 7 aromatic carbocycles. The fourth-order valence-electron chi connectivity index (χ4n) is 8.90. The Kier molecular flexibility index (Phi) is 11.9. The molecule has 0 aliphatic carbocycles. The number of hydrogen-bond acceptors (Lipinski definition) is 6. The van der Waals surface area contributed by atoms with E-state index >= 15 is 0 Å². The summed E-state index contributed by atoms with van der Waals surface area (Å²) >= 11 is 9.28.